The quantitative estimate of drug-likeness (QED) is 0.228. The van der Waals surface area contributed by atoms with E-state index in [1.807, 2.05) is 25.1 Å². The Bertz CT molecular complexity index is 1540. The number of nitrogens with zero attached hydrogens (tertiary/aromatic N) is 1. The van der Waals surface area contributed by atoms with Crippen molar-refractivity contribution in [2.75, 3.05) is 6.61 Å². The minimum atomic E-state index is -0.344. The number of fused-ring (bicyclic) bond motifs is 6. The number of carbonyl (C=O) groups is 1. The Labute approximate surface area is 193 Å². The van der Waals surface area contributed by atoms with Gasteiger partial charge in [-0.25, -0.2) is 9.78 Å². The summed E-state index contributed by atoms with van der Waals surface area (Å²) in [6.45, 7) is 2.17. The van der Waals surface area contributed by atoms with E-state index in [9.17, 15) is 4.79 Å². The second-order valence-corrected chi connectivity index (χ2v) is 8.86. The van der Waals surface area contributed by atoms with Gasteiger partial charge in [0.25, 0.3) is 0 Å². The van der Waals surface area contributed by atoms with E-state index < -0.39 is 0 Å². The molecule has 5 aromatic rings. The number of benzene rings is 4. The van der Waals surface area contributed by atoms with Crippen LogP contribution in [0.2, 0.25) is 0 Å². The van der Waals surface area contributed by atoms with E-state index in [1.165, 1.54) is 32.7 Å². The fourth-order valence-electron chi connectivity index (χ4n) is 5.39. The maximum atomic E-state index is 12.7. The van der Waals surface area contributed by atoms with Gasteiger partial charge >= 0.3 is 5.97 Å². The molecule has 0 fully saturated rings. The van der Waals surface area contributed by atoms with Crippen molar-refractivity contribution in [3.63, 3.8) is 0 Å². The maximum absolute atomic E-state index is 12.7. The molecule has 3 nitrogen and oxygen atoms in total. The largest absolute Gasteiger partial charge is 0.461 e. The molecule has 1 aliphatic rings. The topological polar surface area (TPSA) is 39.2 Å². The van der Waals surface area contributed by atoms with Crippen LogP contribution < -0.4 is 0 Å². The Balaban J connectivity index is 1.47. The number of carbonyl (C=O) groups excluding carboxylic acids is 1. The molecule has 162 valence electrons. The number of esters is 1. The molecule has 1 heterocycles. The fraction of sp³-hybridized carbons (Fsp3) is 0.200. The van der Waals surface area contributed by atoms with Crippen molar-refractivity contribution in [3.05, 3.63) is 101 Å². The molecule has 1 aliphatic carbocycles. The smallest absolute Gasteiger partial charge is 0.357 e. The highest BCUT2D eigenvalue weighted by atomic mass is 16.5. The zero-order valence-electron chi connectivity index (χ0n) is 18.7. The van der Waals surface area contributed by atoms with Gasteiger partial charge in [-0.05, 0) is 70.3 Å². The van der Waals surface area contributed by atoms with Crippen molar-refractivity contribution in [2.45, 2.75) is 32.1 Å². The van der Waals surface area contributed by atoms with Crippen LogP contribution in [0.5, 0.6) is 0 Å². The lowest BCUT2D eigenvalue weighted by atomic mass is 9.79. The normalized spacial score (nSPS) is 15.6. The first kappa shape index (κ1) is 19.9. The molecule has 0 amide bonds. The van der Waals surface area contributed by atoms with Crippen LogP contribution in [-0.4, -0.2) is 17.6 Å². The number of aryl methyl sites for hydroxylation is 1. The third-order valence-electron chi connectivity index (χ3n) is 6.99. The van der Waals surface area contributed by atoms with E-state index in [0.29, 0.717) is 12.3 Å². The molecule has 0 radical (unpaired) electrons. The van der Waals surface area contributed by atoms with E-state index in [0.717, 1.165) is 35.7 Å². The Kier molecular flexibility index (Phi) is 4.83. The van der Waals surface area contributed by atoms with Gasteiger partial charge in [0.2, 0.25) is 0 Å². The first-order valence-electron chi connectivity index (χ1n) is 11.7. The van der Waals surface area contributed by atoms with Crippen LogP contribution in [0.4, 0.5) is 0 Å². The van der Waals surface area contributed by atoms with Crippen LogP contribution in [0, 0.1) is 0 Å². The maximum Gasteiger partial charge on any atom is 0.357 e. The summed E-state index contributed by atoms with van der Waals surface area (Å²) in [7, 11) is 0. The number of pyridine rings is 1. The summed E-state index contributed by atoms with van der Waals surface area (Å²) in [6, 6.07) is 27.8. The third-order valence-corrected chi connectivity index (χ3v) is 6.99. The molecule has 0 saturated heterocycles. The van der Waals surface area contributed by atoms with E-state index in [-0.39, 0.29) is 11.9 Å². The van der Waals surface area contributed by atoms with Crippen LogP contribution in [0.3, 0.4) is 0 Å². The van der Waals surface area contributed by atoms with Gasteiger partial charge in [-0.1, -0.05) is 72.8 Å². The van der Waals surface area contributed by atoms with Gasteiger partial charge in [0.05, 0.1) is 6.61 Å². The van der Waals surface area contributed by atoms with Crippen LogP contribution in [0.25, 0.3) is 32.3 Å². The average molecular weight is 432 g/mol. The Hall–Kier alpha value is -3.72. The summed E-state index contributed by atoms with van der Waals surface area (Å²) in [5.74, 6) is -0.0731. The Morgan fingerprint density at radius 3 is 2.48 bits per heavy atom. The summed E-state index contributed by atoms with van der Waals surface area (Å²) in [5, 5.41) is 7.11. The summed E-state index contributed by atoms with van der Waals surface area (Å²) in [5.41, 5.74) is 4.27. The molecule has 3 heteroatoms. The predicted molar refractivity (Wildman–Crippen MR) is 134 cm³/mol. The van der Waals surface area contributed by atoms with E-state index in [1.54, 1.807) is 0 Å². The summed E-state index contributed by atoms with van der Waals surface area (Å²) >= 11 is 0. The number of rotatable bonds is 3. The van der Waals surface area contributed by atoms with Gasteiger partial charge in [0.1, 0.15) is 0 Å². The molecule has 1 unspecified atom stereocenters. The van der Waals surface area contributed by atoms with Gasteiger partial charge in [0, 0.05) is 17.0 Å². The zero-order valence-corrected chi connectivity index (χ0v) is 18.7. The van der Waals surface area contributed by atoms with Crippen molar-refractivity contribution < 1.29 is 9.53 Å². The van der Waals surface area contributed by atoms with Gasteiger partial charge in [-0.15, -0.1) is 0 Å². The van der Waals surface area contributed by atoms with Crippen molar-refractivity contribution in [1.82, 2.24) is 4.98 Å². The molecule has 0 bridgehead atoms. The van der Waals surface area contributed by atoms with Crippen LogP contribution in [0.1, 0.15) is 46.6 Å². The van der Waals surface area contributed by atoms with Crippen LogP contribution >= 0.6 is 0 Å². The molecule has 0 saturated carbocycles. The van der Waals surface area contributed by atoms with E-state index in [2.05, 4.69) is 60.7 Å². The predicted octanol–water partition coefficient (Wildman–Crippen LogP) is 6.99. The average Bonchev–Trinajstić information content (AvgIpc) is 2.87. The van der Waals surface area contributed by atoms with Gasteiger partial charge in [-0.3, -0.25) is 0 Å². The Morgan fingerprint density at radius 2 is 1.64 bits per heavy atom. The van der Waals surface area contributed by atoms with Gasteiger partial charge in [0.15, 0.2) is 5.69 Å². The van der Waals surface area contributed by atoms with E-state index in [4.69, 9.17) is 9.72 Å². The number of hydrogen-bond acceptors (Lipinski definition) is 3. The van der Waals surface area contributed by atoms with E-state index >= 15 is 0 Å². The molecule has 0 spiro atoms. The number of aromatic nitrogens is 1. The van der Waals surface area contributed by atoms with Gasteiger partial charge < -0.3 is 4.74 Å². The molecule has 33 heavy (non-hydrogen) atoms. The molecule has 4 aromatic carbocycles. The molecule has 1 aromatic heterocycles. The molecular formula is C30H25NO2. The monoisotopic (exact) mass is 431 g/mol. The summed E-state index contributed by atoms with van der Waals surface area (Å²) in [6.07, 6.45) is 2.98. The molecule has 0 N–H and O–H groups in total. The highest BCUT2D eigenvalue weighted by Crippen LogP contribution is 2.38. The fourth-order valence-corrected chi connectivity index (χ4v) is 5.39. The standard InChI is InChI=1S/C30H25NO2/c1-2-33-30(32)29-24-10-6-4-8-21(24)18-28(31-29)22-12-11-20-14-15-25-23-9-5-3-7-19(23)13-16-26(25)27(20)17-22/h3-10,13-16,18,22H,2,11-12,17H2,1H3. The molecule has 1 atom stereocenters. The van der Waals surface area contributed by atoms with Crippen molar-refractivity contribution in [3.8, 4) is 0 Å². The minimum Gasteiger partial charge on any atom is -0.461 e. The Morgan fingerprint density at radius 1 is 0.879 bits per heavy atom. The van der Waals surface area contributed by atoms with Crippen LogP contribution in [0.15, 0.2) is 78.9 Å². The minimum absolute atomic E-state index is 0.271. The SMILES string of the molecule is CCOC(=O)c1nc(C2CCc3ccc4c(ccc5ccccc54)c3C2)cc2ccccc12. The first-order chi connectivity index (χ1) is 16.2. The first-order valence-corrected chi connectivity index (χ1v) is 11.7. The second-order valence-electron chi connectivity index (χ2n) is 8.86. The van der Waals surface area contributed by atoms with Crippen molar-refractivity contribution in [2.24, 2.45) is 0 Å². The highest BCUT2D eigenvalue weighted by molar-refractivity contribution is 6.09. The summed E-state index contributed by atoms with van der Waals surface area (Å²) in [4.78, 5) is 17.6. The van der Waals surface area contributed by atoms with Crippen molar-refractivity contribution in [1.29, 1.82) is 0 Å². The lowest BCUT2D eigenvalue weighted by Crippen LogP contribution is -2.17. The zero-order chi connectivity index (χ0) is 22.4. The summed E-state index contributed by atoms with van der Waals surface area (Å²) < 4.78 is 5.33. The van der Waals surface area contributed by atoms with Gasteiger partial charge in [-0.2, -0.15) is 0 Å². The third kappa shape index (κ3) is 3.36. The number of ether oxygens (including phenoxy) is 1. The lowest BCUT2D eigenvalue weighted by Gasteiger charge is -2.26. The highest BCUT2D eigenvalue weighted by Gasteiger charge is 2.25. The second kappa shape index (κ2) is 8.00. The van der Waals surface area contributed by atoms with Crippen molar-refractivity contribution >= 4 is 38.3 Å². The number of hydrogen-bond donors (Lipinski definition) is 0. The molecular weight excluding hydrogens is 406 g/mol. The lowest BCUT2D eigenvalue weighted by molar-refractivity contribution is 0.0521. The molecule has 6 rings (SSSR count). The molecule has 0 aliphatic heterocycles. The van der Waals surface area contributed by atoms with Crippen LogP contribution in [-0.2, 0) is 17.6 Å².